The van der Waals surface area contributed by atoms with Gasteiger partial charge in [0.1, 0.15) is 0 Å². The van der Waals surface area contributed by atoms with Crippen molar-refractivity contribution in [1.82, 2.24) is 9.78 Å². The average molecular weight is 343 g/mol. The van der Waals surface area contributed by atoms with Crippen LogP contribution in [0.1, 0.15) is 17.5 Å². The molecule has 2 heterocycles. The molecule has 0 spiro atoms. The highest BCUT2D eigenvalue weighted by molar-refractivity contribution is 7.13. The molecule has 0 aliphatic rings. The van der Waals surface area contributed by atoms with Crippen LogP contribution in [0.5, 0.6) is 0 Å². The third-order valence-electron chi connectivity index (χ3n) is 3.63. The van der Waals surface area contributed by atoms with Crippen LogP contribution >= 0.6 is 11.3 Å². The SMILES string of the molecule is Cc1cccc(C)c1NC(=O)CCn1nc(-c2cccs2)oc1=O. The molecule has 0 aliphatic heterocycles. The zero-order chi connectivity index (χ0) is 17.1. The van der Waals surface area contributed by atoms with E-state index in [2.05, 4.69) is 10.4 Å². The summed E-state index contributed by atoms with van der Waals surface area (Å²) in [6, 6.07) is 9.52. The molecule has 0 saturated carbocycles. The number of nitrogens with one attached hydrogen (secondary N) is 1. The van der Waals surface area contributed by atoms with Gasteiger partial charge in [-0.2, -0.15) is 4.68 Å². The maximum Gasteiger partial charge on any atom is 0.437 e. The summed E-state index contributed by atoms with van der Waals surface area (Å²) in [5.41, 5.74) is 2.82. The molecular formula is C17H17N3O3S. The highest BCUT2D eigenvalue weighted by atomic mass is 32.1. The first-order valence-electron chi connectivity index (χ1n) is 7.52. The number of benzene rings is 1. The first-order chi connectivity index (χ1) is 11.5. The summed E-state index contributed by atoms with van der Waals surface area (Å²) in [5, 5.41) is 8.91. The molecule has 3 rings (SSSR count). The van der Waals surface area contributed by atoms with Crippen molar-refractivity contribution in [3.05, 3.63) is 57.4 Å². The van der Waals surface area contributed by atoms with Gasteiger partial charge < -0.3 is 9.73 Å². The van der Waals surface area contributed by atoms with E-state index < -0.39 is 5.76 Å². The minimum atomic E-state index is -0.557. The van der Waals surface area contributed by atoms with Crippen molar-refractivity contribution in [3.8, 4) is 10.8 Å². The third-order valence-corrected chi connectivity index (χ3v) is 4.49. The molecule has 0 fully saturated rings. The molecule has 6 nitrogen and oxygen atoms in total. The fourth-order valence-electron chi connectivity index (χ4n) is 2.37. The van der Waals surface area contributed by atoms with Gasteiger partial charge in [-0.3, -0.25) is 4.79 Å². The standard InChI is InChI=1S/C17H17N3O3S/c1-11-5-3-6-12(2)15(11)18-14(21)8-9-20-17(22)23-16(19-20)13-7-4-10-24-13/h3-7,10H,8-9H2,1-2H3,(H,18,21). The Bertz CT molecular complexity index is 889. The maximum atomic E-state index is 12.2. The fraction of sp³-hybridized carbons (Fsp3) is 0.235. The number of aryl methyl sites for hydroxylation is 3. The lowest BCUT2D eigenvalue weighted by molar-refractivity contribution is -0.116. The number of anilines is 1. The van der Waals surface area contributed by atoms with Crippen LogP contribution in [0, 0.1) is 13.8 Å². The van der Waals surface area contributed by atoms with E-state index in [9.17, 15) is 9.59 Å². The number of rotatable bonds is 5. The van der Waals surface area contributed by atoms with Gasteiger partial charge in [0, 0.05) is 12.1 Å². The van der Waals surface area contributed by atoms with Gasteiger partial charge in [0.2, 0.25) is 5.91 Å². The summed E-state index contributed by atoms with van der Waals surface area (Å²) >= 11 is 1.44. The second-order valence-electron chi connectivity index (χ2n) is 5.44. The van der Waals surface area contributed by atoms with Crippen molar-refractivity contribution in [2.45, 2.75) is 26.8 Å². The van der Waals surface area contributed by atoms with Crippen molar-refractivity contribution < 1.29 is 9.21 Å². The Kier molecular flexibility index (Phi) is 4.61. The van der Waals surface area contributed by atoms with Crippen LogP contribution in [-0.2, 0) is 11.3 Å². The van der Waals surface area contributed by atoms with E-state index in [0.717, 1.165) is 21.7 Å². The van der Waals surface area contributed by atoms with E-state index in [4.69, 9.17) is 4.42 Å². The zero-order valence-electron chi connectivity index (χ0n) is 13.4. The lowest BCUT2D eigenvalue weighted by Gasteiger charge is -2.11. The van der Waals surface area contributed by atoms with E-state index >= 15 is 0 Å². The number of carbonyl (C=O) groups is 1. The number of para-hydroxylation sites is 1. The second-order valence-corrected chi connectivity index (χ2v) is 6.39. The average Bonchev–Trinajstić information content (AvgIpc) is 3.19. The van der Waals surface area contributed by atoms with Crippen LogP contribution in [0.2, 0.25) is 0 Å². The van der Waals surface area contributed by atoms with Gasteiger partial charge >= 0.3 is 5.76 Å². The topological polar surface area (TPSA) is 77.1 Å². The molecule has 0 aliphatic carbocycles. The van der Waals surface area contributed by atoms with Crippen molar-refractivity contribution in [3.63, 3.8) is 0 Å². The van der Waals surface area contributed by atoms with Crippen LogP contribution in [0.15, 0.2) is 44.9 Å². The summed E-state index contributed by atoms with van der Waals surface area (Å²) in [5.74, 6) is -0.441. The molecular weight excluding hydrogens is 326 g/mol. The fourth-order valence-corrected chi connectivity index (χ4v) is 3.01. The third kappa shape index (κ3) is 3.46. The molecule has 3 aromatic rings. The van der Waals surface area contributed by atoms with Gasteiger partial charge in [0.05, 0.1) is 11.4 Å². The predicted molar refractivity (Wildman–Crippen MR) is 93.2 cm³/mol. The molecule has 0 bridgehead atoms. The Morgan fingerprint density at radius 1 is 1.25 bits per heavy atom. The lowest BCUT2D eigenvalue weighted by Crippen LogP contribution is -2.21. The van der Waals surface area contributed by atoms with Crippen molar-refractivity contribution in [2.24, 2.45) is 0 Å². The number of carbonyl (C=O) groups excluding carboxylic acids is 1. The zero-order valence-corrected chi connectivity index (χ0v) is 14.2. The molecule has 124 valence electrons. The molecule has 0 atom stereocenters. The smallest absolute Gasteiger partial charge is 0.387 e. The Morgan fingerprint density at radius 3 is 2.67 bits per heavy atom. The number of hydrogen-bond acceptors (Lipinski definition) is 5. The molecule has 2 aromatic heterocycles. The van der Waals surface area contributed by atoms with Gasteiger partial charge in [0.15, 0.2) is 0 Å². The quantitative estimate of drug-likeness (QED) is 0.772. The first kappa shape index (κ1) is 16.2. The number of amides is 1. The summed E-state index contributed by atoms with van der Waals surface area (Å²) in [6.45, 7) is 4.06. The largest absolute Gasteiger partial charge is 0.437 e. The van der Waals surface area contributed by atoms with Gasteiger partial charge in [0.25, 0.3) is 5.89 Å². The minimum absolute atomic E-state index is 0.143. The van der Waals surface area contributed by atoms with Crippen LogP contribution in [0.3, 0.4) is 0 Å². The summed E-state index contributed by atoms with van der Waals surface area (Å²) < 4.78 is 6.30. The van der Waals surface area contributed by atoms with Gasteiger partial charge in [-0.05, 0) is 36.4 Å². The van der Waals surface area contributed by atoms with Gasteiger partial charge in [-0.25, -0.2) is 4.79 Å². The van der Waals surface area contributed by atoms with E-state index in [1.54, 1.807) is 0 Å². The number of aromatic nitrogens is 2. The normalized spacial score (nSPS) is 10.8. The monoisotopic (exact) mass is 343 g/mol. The number of nitrogens with zero attached hydrogens (tertiary/aromatic N) is 2. The minimum Gasteiger partial charge on any atom is -0.387 e. The van der Waals surface area contributed by atoms with E-state index in [-0.39, 0.29) is 24.8 Å². The van der Waals surface area contributed by atoms with E-state index in [0.29, 0.717) is 0 Å². The highest BCUT2D eigenvalue weighted by Crippen LogP contribution is 2.21. The van der Waals surface area contributed by atoms with Crippen LogP contribution in [-0.4, -0.2) is 15.7 Å². The molecule has 24 heavy (non-hydrogen) atoms. The molecule has 0 radical (unpaired) electrons. The lowest BCUT2D eigenvalue weighted by atomic mass is 10.1. The maximum absolute atomic E-state index is 12.2. The second kappa shape index (κ2) is 6.84. The van der Waals surface area contributed by atoms with E-state index in [1.165, 1.54) is 16.0 Å². The Morgan fingerprint density at radius 2 is 2.00 bits per heavy atom. The van der Waals surface area contributed by atoms with Gasteiger partial charge in [-0.15, -0.1) is 16.4 Å². The summed E-state index contributed by atoms with van der Waals surface area (Å²) in [4.78, 5) is 24.8. The molecule has 7 heteroatoms. The number of hydrogen-bond donors (Lipinski definition) is 1. The summed E-state index contributed by atoms with van der Waals surface area (Å²) in [6.07, 6.45) is 0.143. The molecule has 1 amide bonds. The Labute approximate surface area is 142 Å². The van der Waals surface area contributed by atoms with E-state index in [1.807, 2.05) is 49.6 Å². The van der Waals surface area contributed by atoms with Crippen molar-refractivity contribution >= 4 is 22.9 Å². The summed E-state index contributed by atoms with van der Waals surface area (Å²) in [7, 11) is 0. The predicted octanol–water partition coefficient (Wildman–Crippen LogP) is 3.21. The van der Waals surface area contributed by atoms with Crippen LogP contribution < -0.4 is 11.1 Å². The molecule has 1 aromatic carbocycles. The van der Waals surface area contributed by atoms with Crippen molar-refractivity contribution in [1.29, 1.82) is 0 Å². The first-order valence-corrected chi connectivity index (χ1v) is 8.40. The molecule has 0 unspecified atom stereocenters. The molecule has 1 N–H and O–H groups in total. The number of thiophene rings is 1. The van der Waals surface area contributed by atoms with Gasteiger partial charge in [-0.1, -0.05) is 24.3 Å². The van der Waals surface area contributed by atoms with Crippen molar-refractivity contribution in [2.75, 3.05) is 5.32 Å². The van der Waals surface area contributed by atoms with Crippen LogP contribution in [0.4, 0.5) is 5.69 Å². The highest BCUT2D eigenvalue weighted by Gasteiger charge is 2.13. The Hall–Kier alpha value is -2.67. The Balaban J connectivity index is 1.66. The van der Waals surface area contributed by atoms with Crippen LogP contribution in [0.25, 0.3) is 10.8 Å². The molecule has 0 saturated heterocycles.